The Morgan fingerprint density at radius 1 is 0.956 bits per heavy atom. The highest BCUT2D eigenvalue weighted by molar-refractivity contribution is 7.92. The van der Waals surface area contributed by atoms with Gasteiger partial charge in [0.05, 0.1) is 31.4 Å². The Morgan fingerprint density at radius 2 is 1.62 bits per heavy atom. The van der Waals surface area contributed by atoms with Crippen LogP contribution in [0.3, 0.4) is 0 Å². The van der Waals surface area contributed by atoms with Gasteiger partial charge in [0, 0.05) is 18.7 Å². The second kappa shape index (κ2) is 15.2. The minimum Gasteiger partial charge on any atom is -0.494 e. The number of hydrogen-bond donors (Lipinski definition) is 1. The van der Waals surface area contributed by atoms with E-state index in [2.05, 4.69) is 5.32 Å². The summed E-state index contributed by atoms with van der Waals surface area (Å²) in [4.78, 5) is 29.1. The van der Waals surface area contributed by atoms with Crippen molar-refractivity contribution in [2.45, 2.75) is 70.0 Å². The van der Waals surface area contributed by atoms with Gasteiger partial charge in [0.2, 0.25) is 11.8 Å². The number of benzene rings is 3. The van der Waals surface area contributed by atoms with Crippen LogP contribution in [0.15, 0.2) is 71.6 Å². The average molecular weight is 638 g/mol. The van der Waals surface area contributed by atoms with Crippen molar-refractivity contribution in [1.82, 2.24) is 10.2 Å². The summed E-state index contributed by atoms with van der Waals surface area (Å²) in [6.45, 7) is 5.52. The fourth-order valence-electron chi connectivity index (χ4n) is 5.45. The van der Waals surface area contributed by atoms with E-state index in [9.17, 15) is 18.0 Å². The standard InChI is InChI=1S/C34H43N3O7S/c1-6-44-29-17-15-28(16-18-29)37(45(40,41)30-19-20-31(42-4)32(21-30)43-5)23-33(38)36(22-26-12-8-7-11-24(26)2)25(3)34(39)35-27-13-9-10-14-27/h7-8,11-12,15-21,25,27H,6,9-10,13-14,22-23H2,1-5H3,(H,35,39). The maximum Gasteiger partial charge on any atom is 0.264 e. The van der Waals surface area contributed by atoms with Gasteiger partial charge in [0.25, 0.3) is 10.0 Å². The predicted molar refractivity (Wildman–Crippen MR) is 173 cm³/mol. The molecule has 3 aromatic carbocycles. The lowest BCUT2D eigenvalue weighted by Crippen LogP contribution is -2.52. The largest absolute Gasteiger partial charge is 0.494 e. The highest BCUT2D eigenvalue weighted by Gasteiger charge is 2.34. The van der Waals surface area contributed by atoms with Crippen LogP contribution in [0.5, 0.6) is 17.2 Å². The molecule has 11 heteroatoms. The Labute approximate surface area is 266 Å². The van der Waals surface area contributed by atoms with Crippen LogP contribution in [0.25, 0.3) is 0 Å². The van der Waals surface area contributed by atoms with Crippen LogP contribution < -0.4 is 23.8 Å². The topological polar surface area (TPSA) is 114 Å². The minimum atomic E-state index is -4.30. The number of hydrogen-bond acceptors (Lipinski definition) is 7. The smallest absolute Gasteiger partial charge is 0.264 e. The summed E-state index contributed by atoms with van der Waals surface area (Å²) in [6, 6.07) is 17.6. The van der Waals surface area contributed by atoms with Crippen molar-refractivity contribution >= 4 is 27.5 Å². The summed E-state index contributed by atoms with van der Waals surface area (Å²) in [5.41, 5.74) is 2.09. The maximum atomic E-state index is 14.3. The molecule has 1 aliphatic carbocycles. The predicted octanol–water partition coefficient (Wildman–Crippen LogP) is 5.08. The first-order chi connectivity index (χ1) is 21.6. The lowest BCUT2D eigenvalue weighted by molar-refractivity contribution is -0.139. The van der Waals surface area contributed by atoms with E-state index in [4.69, 9.17) is 14.2 Å². The highest BCUT2D eigenvalue weighted by atomic mass is 32.2. The van der Waals surface area contributed by atoms with Crippen molar-refractivity contribution in [1.29, 1.82) is 0 Å². The van der Waals surface area contributed by atoms with E-state index in [-0.39, 0.29) is 34.8 Å². The Morgan fingerprint density at radius 3 is 2.24 bits per heavy atom. The zero-order valence-electron chi connectivity index (χ0n) is 26.6. The minimum absolute atomic E-state index is 0.0705. The molecule has 0 spiro atoms. The van der Waals surface area contributed by atoms with Gasteiger partial charge in [-0.25, -0.2) is 8.42 Å². The number of rotatable bonds is 14. The van der Waals surface area contributed by atoms with Crippen molar-refractivity contribution < 1.29 is 32.2 Å². The van der Waals surface area contributed by atoms with Gasteiger partial charge in [0.1, 0.15) is 18.3 Å². The number of carbonyl (C=O) groups is 2. The van der Waals surface area contributed by atoms with Crippen LogP contribution in [0.4, 0.5) is 5.69 Å². The van der Waals surface area contributed by atoms with Crippen LogP contribution in [0.1, 0.15) is 50.7 Å². The van der Waals surface area contributed by atoms with Gasteiger partial charge >= 0.3 is 0 Å². The molecule has 1 atom stereocenters. The van der Waals surface area contributed by atoms with Crippen LogP contribution in [-0.4, -0.2) is 64.6 Å². The van der Waals surface area contributed by atoms with Crippen LogP contribution in [0, 0.1) is 6.92 Å². The maximum absolute atomic E-state index is 14.3. The SMILES string of the molecule is CCOc1ccc(N(CC(=O)N(Cc2ccccc2C)C(C)C(=O)NC2CCCC2)S(=O)(=O)c2ccc(OC)c(OC)c2)cc1. The molecule has 0 bridgehead atoms. The molecule has 242 valence electrons. The van der Waals surface area contributed by atoms with Crippen molar-refractivity contribution in [2.24, 2.45) is 0 Å². The number of methoxy groups -OCH3 is 2. The molecule has 1 fully saturated rings. The molecule has 0 aromatic heterocycles. The summed E-state index contributed by atoms with van der Waals surface area (Å²) in [5, 5.41) is 3.09. The third-order valence-electron chi connectivity index (χ3n) is 8.13. The van der Waals surface area contributed by atoms with Crippen molar-refractivity contribution in [2.75, 3.05) is 31.7 Å². The zero-order valence-corrected chi connectivity index (χ0v) is 27.4. The number of nitrogens with zero attached hydrogens (tertiary/aromatic N) is 2. The van der Waals surface area contributed by atoms with Gasteiger partial charge < -0.3 is 24.4 Å². The van der Waals surface area contributed by atoms with Crippen molar-refractivity contribution in [3.63, 3.8) is 0 Å². The van der Waals surface area contributed by atoms with E-state index in [0.29, 0.717) is 18.1 Å². The number of sulfonamides is 1. The van der Waals surface area contributed by atoms with E-state index in [1.54, 1.807) is 31.2 Å². The van der Waals surface area contributed by atoms with Crippen LogP contribution in [0.2, 0.25) is 0 Å². The molecule has 2 amide bonds. The molecule has 45 heavy (non-hydrogen) atoms. The number of amides is 2. The third-order valence-corrected chi connectivity index (χ3v) is 9.90. The molecular weight excluding hydrogens is 594 g/mol. The summed E-state index contributed by atoms with van der Waals surface area (Å²) >= 11 is 0. The number of anilines is 1. The molecule has 0 aliphatic heterocycles. The molecule has 1 saturated carbocycles. The Balaban J connectivity index is 1.73. The van der Waals surface area contributed by atoms with E-state index < -0.39 is 28.5 Å². The van der Waals surface area contributed by atoms with Crippen molar-refractivity contribution in [3.8, 4) is 17.2 Å². The van der Waals surface area contributed by atoms with E-state index in [0.717, 1.165) is 41.1 Å². The molecular formula is C34H43N3O7S. The molecule has 0 saturated heterocycles. The quantitative estimate of drug-likeness (QED) is 0.262. The van der Waals surface area contributed by atoms with Gasteiger partial charge in [-0.1, -0.05) is 37.1 Å². The second-order valence-electron chi connectivity index (χ2n) is 11.1. The first kappa shape index (κ1) is 33.6. The van der Waals surface area contributed by atoms with Gasteiger partial charge in [-0.3, -0.25) is 13.9 Å². The molecule has 10 nitrogen and oxygen atoms in total. The second-order valence-corrected chi connectivity index (χ2v) is 12.9. The summed E-state index contributed by atoms with van der Waals surface area (Å²) in [7, 11) is -1.42. The third kappa shape index (κ3) is 8.08. The van der Waals surface area contributed by atoms with Gasteiger partial charge in [-0.2, -0.15) is 0 Å². The molecule has 0 radical (unpaired) electrons. The molecule has 1 N–H and O–H groups in total. The Hall–Kier alpha value is -4.25. The molecule has 4 rings (SSSR count). The van der Waals surface area contributed by atoms with Crippen LogP contribution >= 0.6 is 0 Å². The van der Waals surface area contributed by atoms with E-state index >= 15 is 0 Å². The normalized spacial score (nSPS) is 14.0. The molecule has 1 unspecified atom stereocenters. The molecule has 3 aromatic rings. The number of aryl methyl sites for hydroxylation is 1. The molecule has 1 aliphatic rings. The lowest BCUT2D eigenvalue weighted by Gasteiger charge is -2.33. The fraction of sp³-hybridized carbons (Fsp3) is 0.412. The first-order valence-corrected chi connectivity index (χ1v) is 16.6. The Kier molecular flexibility index (Phi) is 11.3. The number of carbonyl (C=O) groups excluding carboxylic acids is 2. The van der Waals surface area contributed by atoms with Crippen molar-refractivity contribution in [3.05, 3.63) is 77.9 Å². The first-order valence-electron chi connectivity index (χ1n) is 15.2. The van der Waals surface area contributed by atoms with Gasteiger partial charge in [-0.05, 0) is 81.1 Å². The van der Waals surface area contributed by atoms with Gasteiger partial charge in [-0.15, -0.1) is 0 Å². The molecule has 0 heterocycles. The van der Waals surface area contributed by atoms with Gasteiger partial charge in [0.15, 0.2) is 11.5 Å². The zero-order chi connectivity index (χ0) is 32.6. The van der Waals surface area contributed by atoms with E-state index in [1.165, 1.54) is 37.3 Å². The van der Waals surface area contributed by atoms with E-state index in [1.807, 2.05) is 38.1 Å². The summed E-state index contributed by atoms with van der Waals surface area (Å²) in [5.74, 6) is 0.375. The summed E-state index contributed by atoms with van der Waals surface area (Å²) in [6.07, 6.45) is 3.91. The lowest BCUT2D eigenvalue weighted by atomic mass is 10.1. The van der Waals surface area contributed by atoms with Crippen LogP contribution in [-0.2, 0) is 26.2 Å². The monoisotopic (exact) mass is 637 g/mol. The highest BCUT2D eigenvalue weighted by Crippen LogP contribution is 2.33. The summed E-state index contributed by atoms with van der Waals surface area (Å²) < 4.78 is 45.8. The average Bonchev–Trinajstić information content (AvgIpc) is 3.56. The number of ether oxygens (including phenoxy) is 3. The number of nitrogens with one attached hydrogen (secondary N) is 1. The fourth-order valence-corrected chi connectivity index (χ4v) is 6.88. The Bertz CT molecular complexity index is 1570.